The van der Waals surface area contributed by atoms with E-state index in [2.05, 4.69) is 10.3 Å². The number of nitrogens with one attached hydrogen (secondary N) is 1. The Kier molecular flexibility index (Phi) is 7.35. The summed E-state index contributed by atoms with van der Waals surface area (Å²) in [6.07, 6.45) is 4.97. The zero-order valence-corrected chi connectivity index (χ0v) is 21.2. The third kappa shape index (κ3) is 5.16. The monoisotopic (exact) mass is 499 g/mol. The number of nitrogens with zero attached hydrogens (tertiary/aromatic N) is 2. The van der Waals surface area contributed by atoms with Gasteiger partial charge in [-0.2, -0.15) is 4.31 Å². The summed E-state index contributed by atoms with van der Waals surface area (Å²) in [7, 11) is -0.430. The number of benzene rings is 2. The van der Waals surface area contributed by atoms with E-state index in [1.165, 1.54) is 21.7 Å². The minimum absolute atomic E-state index is 0.00547. The lowest BCUT2D eigenvalue weighted by Crippen LogP contribution is -2.38. The largest absolute Gasteiger partial charge is 0.497 e. The Balaban J connectivity index is 1.51. The predicted octanol–water partition coefficient (Wildman–Crippen LogP) is 5.33. The molecule has 3 aromatic rings. The van der Waals surface area contributed by atoms with Gasteiger partial charge in [0.15, 0.2) is 5.13 Å². The van der Waals surface area contributed by atoms with Crippen molar-refractivity contribution >= 4 is 32.4 Å². The second kappa shape index (κ2) is 10.2. The van der Waals surface area contributed by atoms with Crippen LogP contribution in [0.1, 0.15) is 47.3 Å². The number of rotatable bonds is 7. The van der Waals surface area contributed by atoms with Crippen LogP contribution in [0.5, 0.6) is 5.75 Å². The maximum Gasteiger partial charge on any atom is 0.257 e. The van der Waals surface area contributed by atoms with E-state index in [1.807, 2.05) is 31.2 Å². The molecule has 0 aliphatic heterocycles. The summed E-state index contributed by atoms with van der Waals surface area (Å²) in [6, 6.07) is 13.8. The second-order valence-electron chi connectivity index (χ2n) is 8.45. The first-order valence-corrected chi connectivity index (χ1v) is 13.6. The summed E-state index contributed by atoms with van der Waals surface area (Å²) in [5, 5.41) is 3.28. The lowest BCUT2D eigenvalue weighted by molar-refractivity contribution is 0.102. The maximum absolute atomic E-state index is 13.2. The highest BCUT2D eigenvalue weighted by Crippen LogP contribution is 2.32. The van der Waals surface area contributed by atoms with Gasteiger partial charge < -0.3 is 4.74 Å². The molecule has 4 rings (SSSR count). The molecule has 0 saturated heterocycles. The normalized spacial score (nSPS) is 14.8. The maximum atomic E-state index is 13.2. The van der Waals surface area contributed by atoms with Crippen molar-refractivity contribution < 1.29 is 17.9 Å². The Morgan fingerprint density at radius 2 is 1.82 bits per heavy atom. The van der Waals surface area contributed by atoms with Gasteiger partial charge in [-0.15, -0.1) is 11.3 Å². The van der Waals surface area contributed by atoms with Crippen molar-refractivity contribution in [2.24, 2.45) is 0 Å². The van der Waals surface area contributed by atoms with Crippen molar-refractivity contribution in [2.45, 2.75) is 50.0 Å². The fourth-order valence-corrected chi connectivity index (χ4v) is 6.53. The van der Waals surface area contributed by atoms with Crippen LogP contribution in [0.15, 0.2) is 53.4 Å². The van der Waals surface area contributed by atoms with E-state index in [0.717, 1.165) is 54.0 Å². The van der Waals surface area contributed by atoms with Crippen LogP contribution in [0.25, 0.3) is 11.3 Å². The summed E-state index contributed by atoms with van der Waals surface area (Å²) in [4.78, 5) is 18.6. The van der Waals surface area contributed by atoms with E-state index in [9.17, 15) is 13.2 Å². The lowest BCUT2D eigenvalue weighted by Gasteiger charge is -2.30. The van der Waals surface area contributed by atoms with Crippen molar-refractivity contribution in [1.29, 1.82) is 0 Å². The summed E-state index contributed by atoms with van der Waals surface area (Å²) >= 11 is 1.37. The molecule has 1 amide bonds. The van der Waals surface area contributed by atoms with Gasteiger partial charge in [-0.3, -0.25) is 10.1 Å². The van der Waals surface area contributed by atoms with Crippen LogP contribution in [0, 0.1) is 6.92 Å². The number of amides is 1. The Labute approximate surface area is 204 Å². The van der Waals surface area contributed by atoms with E-state index in [1.54, 1.807) is 32.4 Å². The molecule has 7 nitrogen and oxygen atoms in total. The van der Waals surface area contributed by atoms with Crippen LogP contribution in [0.4, 0.5) is 5.13 Å². The Morgan fingerprint density at radius 3 is 2.50 bits per heavy atom. The predicted molar refractivity (Wildman–Crippen MR) is 135 cm³/mol. The number of hydrogen-bond acceptors (Lipinski definition) is 6. The van der Waals surface area contributed by atoms with Gasteiger partial charge in [0, 0.05) is 29.1 Å². The van der Waals surface area contributed by atoms with Gasteiger partial charge in [0.1, 0.15) is 5.75 Å². The number of methoxy groups -OCH3 is 1. The first-order valence-electron chi connectivity index (χ1n) is 11.3. The first-order chi connectivity index (χ1) is 16.3. The van der Waals surface area contributed by atoms with Gasteiger partial charge in [0.05, 0.1) is 17.7 Å². The quantitative estimate of drug-likeness (QED) is 0.474. The van der Waals surface area contributed by atoms with Gasteiger partial charge in [0.2, 0.25) is 10.0 Å². The second-order valence-corrected chi connectivity index (χ2v) is 11.6. The van der Waals surface area contributed by atoms with Crippen molar-refractivity contribution in [3.63, 3.8) is 0 Å². The first kappa shape index (κ1) is 24.4. The molecule has 9 heteroatoms. The SMILES string of the molecule is COc1ccc(-c2nc(NC(=O)c3cccc(S(=O)(=O)N(C)C4CCCCC4)c3)sc2C)cc1. The number of carbonyl (C=O) groups is 1. The zero-order chi connectivity index (χ0) is 24.3. The Bertz CT molecular complexity index is 1260. The number of sulfonamides is 1. The smallest absolute Gasteiger partial charge is 0.257 e. The molecular weight excluding hydrogens is 470 g/mol. The van der Waals surface area contributed by atoms with E-state index in [4.69, 9.17) is 4.74 Å². The number of carbonyl (C=O) groups excluding carboxylic acids is 1. The average Bonchev–Trinajstić information content (AvgIpc) is 3.23. The topological polar surface area (TPSA) is 88.6 Å². The van der Waals surface area contributed by atoms with Crippen molar-refractivity contribution in [3.8, 4) is 17.0 Å². The number of anilines is 1. The van der Waals surface area contributed by atoms with E-state index >= 15 is 0 Å². The van der Waals surface area contributed by atoms with E-state index in [0.29, 0.717) is 5.13 Å². The Hall–Kier alpha value is -2.75. The molecule has 1 aliphatic rings. The molecule has 1 aromatic heterocycles. The highest BCUT2D eigenvalue weighted by atomic mass is 32.2. The van der Waals surface area contributed by atoms with E-state index < -0.39 is 15.9 Å². The molecule has 0 bridgehead atoms. The molecule has 180 valence electrons. The van der Waals surface area contributed by atoms with Gasteiger partial charge >= 0.3 is 0 Å². The van der Waals surface area contributed by atoms with Crippen LogP contribution >= 0.6 is 11.3 Å². The van der Waals surface area contributed by atoms with Crippen LogP contribution in [0.3, 0.4) is 0 Å². The Morgan fingerprint density at radius 1 is 1.12 bits per heavy atom. The molecule has 1 saturated carbocycles. The summed E-state index contributed by atoms with van der Waals surface area (Å²) in [5.74, 6) is 0.363. The number of aromatic nitrogens is 1. The van der Waals surface area contributed by atoms with Crippen LogP contribution in [-0.4, -0.2) is 43.8 Å². The molecule has 0 radical (unpaired) electrons. The minimum atomic E-state index is -3.68. The highest BCUT2D eigenvalue weighted by Gasteiger charge is 2.29. The molecule has 1 heterocycles. The molecule has 1 N–H and O–H groups in total. The molecule has 0 spiro atoms. The van der Waals surface area contributed by atoms with Gasteiger partial charge in [-0.05, 0) is 62.2 Å². The third-order valence-corrected chi connectivity index (χ3v) is 9.03. The van der Waals surface area contributed by atoms with Gasteiger partial charge in [-0.1, -0.05) is 25.3 Å². The van der Waals surface area contributed by atoms with Crippen LogP contribution < -0.4 is 10.1 Å². The van der Waals surface area contributed by atoms with Gasteiger partial charge in [-0.25, -0.2) is 13.4 Å². The number of aryl methyl sites for hydroxylation is 1. The van der Waals surface area contributed by atoms with E-state index in [-0.39, 0.29) is 16.5 Å². The molecule has 0 unspecified atom stereocenters. The number of hydrogen-bond donors (Lipinski definition) is 1. The molecule has 0 atom stereocenters. The molecule has 1 fully saturated rings. The summed E-state index contributed by atoms with van der Waals surface area (Å²) < 4.78 is 33.1. The fraction of sp³-hybridized carbons (Fsp3) is 0.360. The highest BCUT2D eigenvalue weighted by molar-refractivity contribution is 7.89. The zero-order valence-electron chi connectivity index (χ0n) is 19.6. The molecule has 2 aromatic carbocycles. The van der Waals surface area contributed by atoms with Crippen molar-refractivity contribution in [1.82, 2.24) is 9.29 Å². The van der Waals surface area contributed by atoms with Crippen LogP contribution in [0.2, 0.25) is 0 Å². The lowest BCUT2D eigenvalue weighted by atomic mass is 9.96. The number of thiazole rings is 1. The average molecular weight is 500 g/mol. The van der Waals surface area contributed by atoms with Gasteiger partial charge in [0.25, 0.3) is 5.91 Å². The minimum Gasteiger partial charge on any atom is -0.497 e. The molecule has 34 heavy (non-hydrogen) atoms. The third-order valence-electron chi connectivity index (χ3n) is 6.24. The van der Waals surface area contributed by atoms with Crippen LogP contribution in [-0.2, 0) is 10.0 Å². The molecule has 1 aliphatic carbocycles. The fourth-order valence-electron chi connectivity index (χ4n) is 4.24. The van der Waals surface area contributed by atoms with Crippen molar-refractivity contribution in [2.75, 3.05) is 19.5 Å². The summed E-state index contributed by atoms with van der Waals surface area (Å²) in [5.41, 5.74) is 1.99. The van der Waals surface area contributed by atoms with Crippen molar-refractivity contribution in [3.05, 3.63) is 59.0 Å². The molecular formula is C25H29N3O4S2. The summed E-state index contributed by atoms with van der Waals surface area (Å²) in [6.45, 7) is 1.95. The standard InChI is InChI=1S/C25H29N3O4S2/c1-17-23(18-12-14-21(32-3)15-13-18)26-25(33-17)27-24(29)19-8-7-11-22(16-19)34(30,31)28(2)20-9-5-4-6-10-20/h7-8,11-16,20H,4-6,9-10H2,1-3H3,(H,26,27,29). The number of ether oxygens (including phenoxy) is 1.